The highest BCUT2D eigenvalue weighted by Crippen LogP contribution is 2.28. The number of rotatable bonds is 6. The van der Waals surface area contributed by atoms with Crippen LogP contribution in [0, 0.1) is 5.82 Å². The van der Waals surface area contributed by atoms with Crippen molar-refractivity contribution in [2.45, 2.75) is 31.5 Å². The number of fused-ring (bicyclic) bond motifs is 1. The van der Waals surface area contributed by atoms with Crippen molar-refractivity contribution in [3.05, 3.63) is 65.7 Å². The molecule has 2 aliphatic heterocycles. The number of hydrogen-bond donors (Lipinski definition) is 0. The van der Waals surface area contributed by atoms with E-state index in [1.807, 2.05) is 17.2 Å². The first-order valence-electron chi connectivity index (χ1n) is 9.02. The maximum atomic E-state index is 13.0. The fourth-order valence-corrected chi connectivity index (χ4v) is 3.82. The monoisotopic (exact) mass is 355 g/mol. The van der Waals surface area contributed by atoms with Crippen LogP contribution in [0.4, 0.5) is 9.18 Å². The normalized spacial score (nSPS) is 22.5. The van der Waals surface area contributed by atoms with Crippen molar-refractivity contribution >= 4 is 6.09 Å². The van der Waals surface area contributed by atoms with Gasteiger partial charge in [-0.3, -0.25) is 9.88 Å². The van der Waals surface area contributed by atoms with Crippen molar-refractivity contribution < 1.29 is 13.9 Å². The Hall–Kier alpha value is -2.47. The number of amides is 1. The van der Waals surface area contributed by atoms with Crippen LogP contribution < -0.4 is 0 Å². The molecule has 0 unspecified atom stereocenters. The summed E-state index contributed by atoms with van der Waals surface area (Å²) in [5.74, 6) is -0.223. The van der Waals surface area contributed by atoms with Gasteiger partial charge in [-0.05, 0) is 42.2 Å². The number of ether oxygens (including phenoxy) is 1. The Kier molecular flexibility index (Phi) is 4.84. The molecule has 0 bridgehead atoms. The van der Waals surface area contributed by atoms with Crippen LogP contribution >= 0.6 is 0 Å². The Labute approximate surface area is 152 Å². The van der Waals surface area contributed by atoms with Crippen LogP contribution in [0.3, 0.4) is 0 Å². The van der Waals surface area contributed by atoms with E-state index in [2.05, 4.69) is 16.0 Å². The number of carbonyl (C=O) groups is 1. The average molecular weight is 355 g/mol. The molecule has 6 heteroatoms. The van der Waals surface area contributed by atoms with Gasteiger partial charge in [0.1, 0.15) is 11.9 Å². The third-order valence-electron chi connectivity index (χ3n) is 5.11. The maximum Gasteiger partial charge on any atom is 0.410 e. The van der Waals surface area contributed by atoms with Gasteiger partial charge in [-0.1, -0.05) is 18.2 Å². The minimum atomic E-state index is -0.223. The summed E-state index contributed by atoms with van der Waals surface area (Å²) in [5, 5.41) is 0. The van der Waals surface area contributed by atoms with Crippen molar-refractivity contribution in [3.63, 3.8) is 0 Å². The zero-order valence-corrected chi connectivity index (χ0v) is 14.6. The smallest absolute Gasteiger partial charge is 0.410 e. The Morgan fingerprint density at radius 3 is 2.77 bits per heavy atom. The highest BCUT2D eigenvalue weighted by molar-refractivity contribution is 5.71. The summed E-state index contributed by atoms with van der Waals surface area (Å²) >= 11 is 0. The van der Waals surface area contributed by atoms with E-state index in [-0.39, 0.29) is 24.1 Å². The first kappa shape index (κ1) is 17.0. The van der Waals surface area contributed by atoms with Crippen LogP contribution in [0.5, 0.6) is 0 Å². The molecule has 3 heterocycles. The minimum absolute atomic E-state index is 0.0509. The van der Waals surface area contributed by atoms with E-state index in [0.29, 0.717) is 6.54 Å². The molecule has 1 aromatic carbocycles. The van der Waals surface area contributed by atoms with Crippen molar-refractivity contribution in [2.24, 2.45) is 0 Å². The molecule has 0 radical (unpaired) electrons. The van der Waals surface area contributed by atoms with Crippen LogP contribution in [-0.4, -0.2) is 52.7 Å². The van der Waals surface area contributed by atoms with Crippen LogP contribution in [0.25, 0.3) is 0 Å². The predicted octanol–water partition coefficient (Wildman–Crippen LogP) is 2.86. The molecule has 136 valence electrons. The molecule has 1 amide bonds. The Bertz CT molecular complexity index is 753. The zero-order chi connectivity index (χ0) is 17.9. The molecule has 2 aliphatic rings. The number of likely N-dealkylation sites (tertiary alicyclic amines) is 1. The Balaban J connectivity index is 1.31. The largest absolute Gasteiger partial charge is 0.442 e. The molecule has 4 rings (SSSR count). The van der Waals surface area contributed by atoms with E-state index >= 15 is 0 Å². The van der Waals surface area contributed by atoms with Gasteiger partial charge in [0.25, 0.3) is 0 Å². The van der Waals surface area contributed by atoms with E-state index in [0.717, 1.165) is 38.0 Å². The van der Waals surface area contributed by atoms with Crippen LogP contribution in [0.15, 0.2) is 48.8 Å². The van der Waals surface area contributed by atoms with Crippen molar-refractivity contribution in [2.75, 3.05) is 19.6 Å². The van der Waals surface area contributed by atoms with Crippen LogP contribution in [0.1, 0.15) is 17.5 Å². The van der Waals surface area contributed by atoms with Crippen LogP contribution in [-0.2, 0) is 17.7 Å². The molecule has 1 aromatic heterocycles. The molecule has 2 fully saturated rings. The summed E-state index contributed by atoms with van der Waals surface area (Å²) in [6.07, 6.45) is 5.05. The summed E-state index contributed by atoms with van der Waals surface area (Å²) in [7, 11) is 0. The number of carbonyl (C=O) groups excluding carboxylic acids is 1. The minimum Gasteiger partial charge on any atom is -0.442 e. The molecule has 0 saturated carbocycles. The third kappa shape index (κ3) is 3.70. The lowest BCUT2D eigenvalue weighted by Gasteiger charge is -2.22. The molecule has 0 N–H and O–H groups in total. The third-order valence-corrected chi connectivity index (χ3v) is 5.11. The zero-order valence-electron chi connectivity index (χ0n) is 14.6. The average Bonchev–Trinajstić information content (AvgIpc) is 3.15. The molecule has 0 spiro atoms. The molecule has 2 saturated heterocycles. The Morgan fingerprint density at radius 2 is 2.00 bits per heavy atom. The molecule has 0 aliphatic carbocycles. The summed E-state index contributed by atoms with van der Waals surface area (Å²) in [5.41, 5.74) is 2.25. The predicted molar refractivity (Wildman–Crippen MR) is 95.0 cm³/mol. The SMILES string of the molecule is O=C1O[C@@H]2CN(Cc3cccnc3)C[C@@H]2N1CCCc1ccc(F)cc1. The summed E-state index contributed by atoms with van der Waals surface area (Å²) in [4.78, 5) is 20.5. The fraction of sp³-hybridized carbons (Fsp3) is 0.400. The second kappa shape index (κ2) is 7.41. The highest BCUT2D eigenvalue weighted by atomic mass is 19.1. The van der Waals surface area contributed by atoms with E-state index in [4.69, 9.17) is 4.74 Å². The van der Waals surface area contributed by atoms with Gasteiger partial charge in [0.05, 0.1) is 6.04 Å². The van der Waals surface area contributed by atoms with E-state index in [1.165, 1.54) is 17.7 Å². The number of aromatic nitrogens is 1. The van der Waals surface area contributed by atoms with Crippen LogP contribution in [0.2, 0.25) is 0 Å². The molecular formula is C20H22FN3O2. The summed E-state index contributed by atoms with van der Waals surface area (Å²) in [6.45, 7) is 3.07. The van der Waals surface area contributed by atoms with E-state index < -0.39 is 0 Å². The van der Waals surface area contributed by atoms with Gasteiger partial charge in [-0.2, -0.15) is 0 Å². The Morgan fingerprint density at radius 1 is 1.15 bits per heavy atom. The lowest BCUT2D eigenvalue weighted by atomic mass is 10.1. The first-order valence-corrected chi connectivity index (χ1v) is 9.02. The molecule has 5 nitrogen and oxygen atoms in total. The highest BCUT2D eigenvalue weighted by Gasteiger charge is 2.47. The standard InChI is InChI=1S/C20H22FN3O2/c21-17-7-5-15(6-8-17)4-2-10-24-18-13-23(14-19(18)26-20(24)25)12-16-3-1-9-22-11-16/h1,3,5-9,11,18-19H,2,4,10,12-14H2/t18-,19+/m0/s1. The molecule has 2 aromatic rings. The topological polar surface area (TPSA) is 45.7 Å². The van der Waals surface area contributed by atoms with Gasteiger partial charge in [0.2, 0.25) is 0 Å². The summed E-state index contributed by atoms with van der Waals surface area (Å²) in [6, 6.07) is 10.7. The number of benzene rings is 1. The van der Waals surface area contributed by atoms with Gasteiger partial charge < -0.3 is 9.64 Å². The molecular weight excluding hydrogens is 333 g/mol. The van der Waals surface area contributed by atoms with E-state index in [1.54, 1.807) is 18.3 Å². The second-order valence-electron chi connectivity index (χ2n) is 6.97. The van der Waals surface area contributed by atoms with Gasteiger partial charge >= 0.3 is 6.09 Å². The number of nitrogens with zero attached hydrogens (tertiary/aromatic N) is 3. The first-order chi connectivity index (χ1) is 12.7. The van der Waals surface area contributed by atoms with Gasteiger partial charge in [0, 0.05) is 38.6 Å². The van der Waals surface area contributed by atoms with Gasteiger partial charge in [0.15, 0.2) is 0 Å². The second-order valence-corrected chi connectivity index (χ2v) is 6.97. The fourth-order valence-electron chi connectivity index (χ4n) is 3.82. The van der Waals surface area contributed by atoms with Gasteiger partial charge in [-0.25, -0.2) is 9.18 Å². The maximum absolute atomic E-state index is 13.0. The van der Waals surface area contributed by atoms with Crippen molar-refractivity contribution in [1.82, 2.24) is 14.8 Å². The van der Waals surface area contributed by atoms with Gasteiger partial charge in [-0.15, -0.1) is 0 Å². The number of pyridine rings is 1. The van der Waals surface area contributed by atoms with Crippen molar-refractivity contribution in [1.29, 1.82) is 0 Å². The number of aryl methyl sites for hydroxylation is 1. The molecule has 26 heavy (non-hydrogen) atoms. The lowest BCUT2D eigenvalue weighted by Crippen LogP contribution is -2.38. The quantitative estimate of drug-likeness (QED) is 0.799. The van der Waals surface area contributed by atoms with Crippen molar-refractivity contribution in [3.8, 4) is 0 Å². The lowest BCUT2D eigenvalue weighted by molar-refractivity contribution is 0.120. The number of halogens is 1. The molecule has 2 atom stereocenters. The van der Waals surface area contributed by atoms with E-state index in [9.17, 15) is 9.18 Å². The summed E-state index contributed by atoms with van der Waals surface area (Å²) < 4.78 is 18.5. The number of hydrogen-bond acceptors (Lipinski definition) is 4.